The molecule has 0 radical (unpaired) electrons. The van der Waals surface area contributed by atoms with Crippen molar-refractivity contribution in [3.05, 3.63) is 65.6 Å². The van der Waals surface area contributed by atoms with Crippen LogP contribution in [0.3, 0.4) is 0 Å². The summed E-state index contributed by atoms with van der Waals surface area (Å²) in [6.07, 6.45) is 6.13. The number of nitrogens with zero attached hydrogens (tertiary/aromatic N) is 3. The number of aryl methyl sites for hydroxylation is 1. The van der Waals surface area contributed by atoms with Crippen molar-refractivity contribution in [2.75, 3.05) is 19.9 Å². The van der Waals surface area contributed by atoms with Crippen LogP contribution < -0.4 is 9.47 Å². The van der Waals surface area contributed by atoms with Crippen molar-refractivity contribution >= 4 is 12.0 Å². The van der Waals surface area contributed by atoms with Gasteiger partial charge in [-0.25, -0.2) is 0 Å². The number of rotatable bonds is 5. The van der Waals surface area contributed by atoms with Gasteiger partial charge in [0.15, 0.2) is 11.5 Å². The van der Waals surface area contributed by atoms with Crippen molar-refractivity contribution in [1.82, 2.24) is 15.0 Å². The van der Waals surface area contributed by atoms with Crippen LogP contribution in [0.2, 0.25) is 0 Å². The van der Waals surface area contributed by atoms with Gasteiger partial charge in [-0.3, -0.25) is 4.79 Å². The molecule has 0 saturated carbocycles. The van der Waals surface area contributed by atoms with Gasteiger partial charge in [-0.2, -0.15) is 4.98 Å². The highest BCUT2D eigenvalue weighted by Crippen LogP contribution is 2.33. The van der Waals surface area contributed by atoms with Gasteiger partial charge in [0.25, 0.3) is 0 Å². The summed E-state index contributed by atoms with van der Waals surface area (Å²) in [6.45, 7) is 3.72. The Hall–Kier alpha value is -3.61. The molecular formula is C25H25N3O4. The van der Waals surface area contributed by atoms with Crippen molar-refractivity contribution in [2.24, 2.45) is 5.92 Å². The Labute approximate surface area is 186 Å². The summed E-state index contributed by atoms with van der Waals surface area (Å²) in [5.41, 5.74) is 3.01. The molecule has 3 heterocycles. The van der Waals surface area contributed by atoms with Crippen molar-refractivity contribution in [2.45, 2.75) is 26.2 Å². The molecule has 2 aliphatic rings. The normalized spacial score (nSPS) is 17.8. The average Bonchev–Trinajstić information content (AvgIpc) is 3.47. The second kappa shape index (κ2) is 8.86. The van der Waals surface area contributed by atoms with E-state index < -0.39 is 0 Å². The van der Waals surface area contributed by atoms with Crippen molar-refractivity contribution in [3.63, 3.8) is 0 Å². The second-order valence-corrected chi connectivity index (χ2v) is 8.27. The topological polar surface area (TPSA) is 77.7 Å². The lowest BCUT2D eigenvalue weighted by molar-refractivity contribution is -0.127. The number of likely N-dealkylation sites (tertiary alicyclic amines) is 1. The Morgan fingerprint density at radius 1 is 1.19 bits per heavy atom. The van der Waals surface area contributed by atoms with E-state index in [-0.39, 0.29) is 12.7 Å². The van der Waals surface area contributed by atoms with E-state index in [2.05, 4.69) is 10.1 Å². The highest BCUT2D eigenvalue weighted by atomic mass is 16.7. The summed E-state index contributed by atoms with van der Waals surface area (Å²) in [5.74, 6) is 3.00. The zero-order valence-corrected chi connectivity index (χ0v) is 18.0. The predicted octanol–water partition coefficient (Wildman–Crippen LogP) is 4.27. The van der Waals surface area contributed by atoms with Gasteiger partial charge in [0, 0.05) is 31.1 Å². The fourth-order valence-electron chi connectivity index (χ4n) is 4.24. The zero-order chi connectivity index (χ0) is 21.9. The van der Waals surface area contributed by atoms with Gasteiger partial charge >= 0.3 is 0 Å². The molecule has 0 aliphatic carbocycles. The lowest BCUT2D eigenvalue weighted by atomic mass is 9.94. The first-order valence-corrected chi connectivity index (χ1v) is 10.9. The maximum atomic E-state index is 12.8. The first kappa shape index (κ1) is 20.3. The number of fused-ring (bicyclic) bond motifs is 1. The molecule has 164 valence electrons. The molecule has 32 heavy (non-hydrogen) atoms. The van der Waals surface area contributed by atoms with Gasteiger partial charge in [-0.05, 0) is 55.0 Å². The SMILES string of the molecule is Cc1ccccc1-c1noc(C[C@@H]2CCCN(C(=O)/C=C\c3ccc4c(c3)OCO4)C2)n1. The van der Waals surface area contributed by atoms with Crippen LogP contribution in [0.5, 0.6) is 11.5 Å². The number of aromatic nitrogens is 2. The molecule has 1 amide bonds. The van der Waals surface area contributed by atoms with Crippen LogP contribution in [0.15, 0.2) is 53.1 Å². The number of carbonyl (C=O) groups is 1. The third-order valence-corrected chi connectivity index (χ3v) is 5.96. The number of benzene rings is 2. The zero-order valence-electron chi connectivity index (χ0n) is 18.0. The molecular weight excluding hydrogens is 406 g/mol. The number of amides is 1. The van der Waals surface area contributed by atoms with Crippen LogP contribution in [0.25, 0.3) is 17.5 Å². The smallest absolute Gasteiger partial charge is 0.246 e. The van der Waals surface area contributed by atoms with Gasteiger partial charge in [-0.15, -0.1) is 0 Å². The van der Waals surface area contributed by atoms with Crippen molar-refractivity contribution < 1.29 is 18.8 Å². The Balaban J connectivity index is 1.20. The summed E-state index contributed by atoms with van der Waals surface area (Å²) in [4.78, 5) is 19.3. The van der Waals surface area contributed by atoms with E-state index in [4.69, 9.17) is 14.0 Å². The molecule has 2 aliphatic heterocycles. The van der Waals surface area contributed by atoms with Crippen molar-refractivity contribution in [1.29, 1.82) is 0 Å². The molecule has 1 fully saturated rings. The summed E-state index contributed by atoms with van der Waals surface area (Å²) < 4.78 is 16.2. The van der Waals surface area contributed by atoms with Crippen LogP contribution in [0.1, 0.15) is 29.9 Å². The number of hydrogen-bond acceptors (Lipinski definition) is 6. The Morgan fingerprint density at radius 3 is 2.97 bits per heavy atom. The molecule has 5 rings (SSSR count). The number of carbonyl (C=O) groups excluding carboxylic acids is 1. The summed E-state index contributed by atoms with van der Waals surface area (Å²) >= 11 is 0. The first-order valence-electron chi connectivity index (χ1n) is 10.9. The second-order valence-electron chi connectivity index (χ2n) is 8.27. The number of ether oxygens (including phenoxy) is 2. The predicted molar refractivity (Wildman–Crippen MR) is 119 cm³/mol. The molecule has 1 atom stereocenters. The molecule has 1 saturated heterocycles. The Morgan fingerprint density at radius 2 is 2.06 bits per heavy atom. The van der Waals surface area contributed by atoms with Crippen LogP contribution in [-0.4, -0.2) is 40.8 Å². The fraction of sp³-hybridized carbons (Fsp3) is 0.320. The van der Waals surface area contributed by atoms with E-state index in [1.807, 2.05) is 60.4 Å². The fourth-order valence-corrected chi connectivity index (χ4v) is 4.24. The van der Waals surface area contributed by atoms with Crippen molar-refractivity contribution in [3.8, 4) is 22.9 Å². The minimum atomic E-state index is 0.0125. The Bertz CT molecular complexity index is 1150. The lowest BCUT2D eigenvalue weighted by Gasteiger charge is -2.31. The van der Waals surface area contributed by atoms with E-state index in [0.717, 1.165) is 41.8 Å². The number of hydrogen-bond donors (Lipinski definition) is 0. The monoisotopic (exact) mass is 431 g/mol. The molecule has 0 unspecified atom stereocenters. The standard InChI is InChI=1S/C25H25N3O4/c1-17-5-2-3-7-20(17)25-26-23(32-27-25)14-19-6-4-12-28(15-19)24(29)11-9-18-8-10-21-22(13-18)31-16-30-21/h2-3,5,7-11,13,19H,4,6,12,14-16H2,1H3/b11-9-/t19-/m0/s1. The minimum absolute atomic E-state index is 0.0125. The van der Waals surface area contributed by atoms with Gasteiger partial charge in [0.1, 0.15) is 0 Å². The van der Waals surface area contributed by atoms with E-state index in [0.29, 0.717) is 36.3 Å². The lowest BCUT2D eigenvalue weighted by Crippen LogP contribution is -2.39. The van der Waals surface area contributed by atoms with Crippen LogP contribution in [0, 0.1) is 12.8 Å². The largest absolute Gasteiger partial charge is 0.454 e. The molecule has 1 aromatic heterocycles. The van der Waals surface area contributed by atoms with E-state index in [1.165, 1.54) is 0 Å². The molecule has 7 heteroatoms. The number of piperidine rings is 1. The van der Waals surface area contributed by atoms with Crippen LogP contribution >= 0.6 is 0 Å². The molecule has 0 bridgehead atoms. The molecule has 3 aromatic rings. The van der Waals surface area contributed by atoms with Gasteiger partial charge < -0.3 is 18.9 Å². The maximum Gasteiger partial charge on any atom is 0.246 e. The van der Waals surface area contributed by atoms with Crippen LogP contribution in [0.4, 0.5) is 0 Å². The summed E-state index contributed by atoms with van der Waals surface area (Å²) in [5, 5.41) is 4.16. The van der Waals surface area contributed by atoms with Gasteiger partial charge in [0.2, 0.25) is 24.4 Å². The quantitative estimate of drug-likeness (QED) is 0.562. The first-order chi connectivity index (χ1) is 15.7. The van der Waals surface area contributed by atoms with E-state index in [1.54, 1.807) is 6.08 Å². The maximum absolute atomic E-state index is 12.8. The third-order valence-electron chi connectivity index (χ3n) is 5.96. The van der Waals surface area contributed by atoms with Gasteiger partial charge in [0.05, 0.1) is 0 Å². The highest BCUT2D eigenvalue weighted by Gasteiger charge is 2.25. The summed E-state index contributed by atoms with van der Waals surface area (Å²) in [6, 6.07) is 13.7. The minimum Gasteiger partial charge on any atom is -0.454 e. The molecule has 0 spiro atoms. The summed E-state index contributed by atoms with van der Waals surface area (Å²) in [7, 11) is 0. The Kier molecular flexibility index (Phi) is 5.62. The van der Waals surface area contributed by atoms with E-state index in [9.17, 15) is 4.79 Å². The van der Waals surface area contributed by atoms with E-state index >= 15 is 0 Å². The molecule has 2 aromatic carbocycles. The third kappa shape index (κ3) is 4.37. The molecule has 0 N–H and O–H groups in total. The van der Waals surface area contributed by atoms with Gasteiger partial charge in [-0.1, -0.05) is 35.5 Å². The van der Waals surface area contributed by atoms with Crippen LogP contribution in [-0.2, 0) is 11.2 Å². The highest BCUT2D eigenvalue weighted by molar-refractivity contribution is 5.92. The average molecular weight is 431 g/mol. The molecule has 7 nitrogen and oxygen atoms in total.